The summed E-state index contributed by atoms with van der Waals surface area (Å²) in [6, 6.07) is 0.421. The quantitative estimate of drug-likeness (QED) is 0.678. The predicted molar refractivity (Wildman–Crippen MR) is 46.7 cm³/mol. The van der Waals surface area contributed by atoms with Crippen molar-refractivity contribution < 1.29 is 9.90 Å². The van der Waals surface area contributed by atoms with Crippen LogP contribution in [0.15, 0.2) is 0 Å². The van der Waals surface area contributed by atoms with Crippen molar-refractivity contribution in [3.05, 3.63) is 0 Å². The summed E-state index contributed by atoms with van der Waals surface area (Å²) in [4.78, 5) is 13.2. The Morgan fingerprint density at radius 2 is 2.25 bits per heavy atom. The molecule has 3 nitrogen and oxygen atoms in total. The average molecular weight is 171 g/mol. The molecule has 1 N–H and O–H groups in total. The van der Waals surface area contributed by atoms with Crippen LogP contribution in [-0.4, -0.2) is 35.1 Å². The number of aliphatic hydroxyl groups is 1. The second-order valence-electron chi connectivity index (χ2n) is 3.25. The third-order valence-corrected chi connectivity index (χ3v) is 2.48. The summed E-state index contributed by atoms with van der Waals surface area (Å²) in [7, 11) is 0. The Labute approximate surface area is 73.4 Å². The fourth-order valence-electron chi connectivity index (χ4n) is 1.52. The lowest BCUT2D eigenvalue weighted by atomic mass is 9.91. The molecule has 12 heavy (non-hydrogen) atoms. The van der Waals surface area contributed by atoms with Gasteiger partial charge in [-0.25, -0.2) is 0 Å². The first-order valence-corrected chi connectivity index (χ1v) is 4.70. The molecule has 1 saturated carbocycles. The van der Waals surface area contributed by atoms with E-state index in [9.17, 15) is 4.79 Å². The number of nitrogens with zero attached hydrogens (tertiary/aromatic N) is 1. The van der Waals surface area contributed by atoms with Crippen LogP contribution in [0.5, 0.6) is 0 Å². The highest BCUT2D eigenvalue weighted by Crippen LogP contribution is 2.24. The van der Waals surface area contributed by atoms with Crippen molar-refractivity contribution in [1.29, 1.82) is 0 Å². The van der Waals surface area contributed by atoms with Gasteiger partial charge >= 0.3 is 0 Å². The highest BCUT2D eigenvalue weighted by Gasteiger charge is 2.26. The summed E-state index contributed by atoms with van der Waals surface area (Å²) in [5.74, 6) is 0.175. The molecular formula is C9H17NO2. The van der Waals surface area contributed by atoms with Crippen LogP contribution in [-0.2, 0) is 4.79 Å². The molecule has 0 aromatic heterocycles. The smallest absolute Gasteiger partial charge is 0.222 e. The molecule has 0 radical (unpaired) electrons. The van der Waals surface area contributed by atoms with Crippen LogP contribution in [0, 0.1) is 0 Å². The van der Waals surface area contributed by atoms with Crippen LogP contribution < -0.4 is 0 Å². The Hall–Kier alpha value is -0.570. The summed E-state index contributed by atoms with van der Waals surface area (Å²) in [5.41, 5.74) is 0. The predicted octanol–water partition coefficient (Wildman–Crippen LogP) is 0.770. The SMILES string of the molecule is CCC(=O)N(CCO)C1CCC1. The Morgan fingerprint density at radius 1 is 1.58 bits per heavy atom. The number of aliphatic hydroxyl groups excluding tert-OH is 1. The van der Waals surface area contributed by atoms with E-state index in [0.29, 0.717) is 19.0 Å². The molecular weight excluding hydrogens is 154 g/mol. The maximum absolute atomic E-state index is 11.4. The first-order chi connectivity index (χ1) is 5.79. The van der Waals surface area contributed by atoms with E-state index in [2.05, 4.69) is 0 Å². The number of hydrogen-bond acceptors (Lipinski definition) is 2. The third-order valence-electron chi connectivity index (χ3n) is 2.48. The Kier molecular flexibility index (Phi) is 3.53. The van der Waals surface area contributed by atoms with Crippen LogP contribution in [0.4, 0.5) is 0 Å². The number of carbonyl (C=O) groups excluding carboxylic acids is 1. The zero-order valence-corrected chi connectivity index (χ0v) is 7.62. The van der Waals surface area contributed by atoms with E-state index >= 15 is 0 Å². The summed E-state index contributed by atoms with van der Waals surface area (Å²) in [6.07, 6.45) is 4.01. The van der Waals surface area contributed by atoms with Crippen molar-refractivity contribution in [2.45, 2.75) is 38.6 Å². The van der Waals surface area contributed by atoms with Gasteiger partial charge in [0.2, 0.25) is 5.91 Å². The van der Waals surface area contributed by atoms with Gasteiger partial charge in [-0.3, -0.25) is 4.79 Å². The molecule has 0 saturated heterocycles. The molecule has 1 aliphatic carbocycles. The van der Waals surface area contributed by atoms with Gasteiger partial charge < -0.3 is 10.0 Å². The van der Waals surface area contributed by atoms with Crippen molar-refractivity contribution >= 4 is 5.91 Å². The molecule has 1 aliphatic rings. The average Bonchev–Trinajstić information content (AvgIpc) is 1.99. The van der Waals surface area contributed by atoms with Crippen molar-refractivity contribution in [1.82, 2.24) is 4.90 Å². The Morgan fingerprint density at radius 3 is 2.58 bits per heavy atom. The molecule has 0 aromatic carbocycles. The molecule has 0 aliphatic heterocycles. The Bertz CT molecular complexity index is 155. The largest absolute Gasteiger partial charge is 0.395 e. The number of amides is 1. The van der Waals surface area contributed by atoms with Gasteiger partial charge in [-0.15, -0.1) is 0 Å². The first-order valence-electron chi connectivity index (χ1n) is 4.70. The minimum absolute atomic E-state index is 0.0856. The molecule has 0 bridgehead atoms. The van der Waals surface area contributed by atoms with E-state index in [4.69, 9.17) is 5.11 Å². The molecule has 1 amide bonds. The van der Waals surface area contributed by atoms with Crippen LogP contribution in [0.25, 0.3) is 0 Å². The maximum atomic E-state index is 11.4. The topological polar surface area (TPSA) is 40.5 Å². The van der Waals surface area contributed by atoms with E-state index in [1.165, 1.54) is 6.42 Å². The molecule has 0 spiro atoms. The van der Waals surface area contributed by atoms with Gasteiger partial charge in [0.1, 0.15) is 0 Å². The van der Waals surface area contributed by atoms with Crippen molar-refractivity contribution in [3.63, 3.8) is 0 Å². The van der Waals surface area contributed by atoms with Crippen LogP contribution >= 0.6 is 0 Å². The van der Waals surface area contributed by atoms with Gasteiger partial charge in [-0.2, -0.15) is 0 Å². The molecule has 0 heterocycles. The highest BCUT2D eigenvalue weighted by molar-refractivity contribution is 5.76. The number of hydrogen-bond donors (Lipinski definition) is 1. The summed E-state index contributed by atoms with van der Waals surface area (Å²) >= 11 is 0. The second kappa shape index (κ2) is 4.45. The van der Waals surface area contributed by atoms with Crippen molar-refractivity contribution in [2.75, 3.05) is 13.2 Å². The van der Waals surface area contributed by atoms with E-state index in [-0.39, 0.29) is 12.5 Å². The lowest BCUT2D eigenvalue weighted by molar-refractivity contribution is -0.135. The van der Waals surface area contributed by atoms with Gasteiger partial charge in [0, 0.05) is 19.0 Å². The first kappa shape index (κ1) is 9.52. The third kappa shape index (κ3) is 1.97. The summed E-state index contributed by atoms with van der Waals surface area (Å²) in [5, 5.41) is 8.76. The highest BCUT2D eigenvalue weighted by atomic mass is 16.3. The lowest BCUT2D eigenvalue weighted by Crippen LogP contribution is -2.45. The molecule has 0 aromatic rings. The van der Waals surface area contributed by atoms with Crippen molar-refractivity contribution in [3.8, 4) is 0 Å². The molecule has 70 valence electrons. The Balaban J connectivity index is 2.41. The van der Waals surface area contributed by atoms with Gasteiger partial charge in [0.05, 0.1) is 6.61 Å². The van der Waals surface area contributed by atoms with Crippen molar-refractivity contribution in [2.24, 2.45) is 0 Å². The van der Waals surface area contributed by atoms with Crippen LogP contribution in [0.2, 0.25) is 0 Å². The van der Waals surface area contributed by atoms with E-state index in [1.54, 1.807) is 0 Å². The standard InChI is InChI=1S/C9H17NO2/c1-2-9(12)10(6-7-11)8-4-3-5-8/h8,11H,2-7H2,1H3. The monoisotopic (exact) mass is 171 g/mol. The molecule has 0 unspecified atom stereocenters. The molecule has 0 atom stereocenters. The zero-order valence-electron chi connectivity index (χ0n) is 7.62. The molecule has 1 fully saturated rings. The van der Waals surface area contributed by atoms with Crippen LogP contribution in [0.3, 0.4) is 0 Å². The lowest BCUT2D eigenvalue weighted by Gasteiger charge is -2.37. The minimum Gasteiger partial charge on any atom is -0.395 e. The van der Waals surface area contributed by atoms with Gasteiger partial charge in [0.15, 0.2) is 0 Å². The zero-order chi connectivity index (χ0) is 8.97. The number of carbonyl (C=O) groups is 1. The van der Waals surface area contributed by atoms with E-state index in [1.807, 2.05) is 11.8 Å². The van der Waals surface area contributed by atoms with E-state index in [0.717, 1.165) is 12.8 Å². The van der Waals surface area contributed by atoms with Gasteiger partial charge in [-0.05, 0) is 19.3 Å². The normalized spacial score (nSPS) is 17.2. The summed E-state index contributed by atoms with van der Waals surface area (Å²) in [6.45, 7) is 2.46. The fraction of sp³-hybridized carbons (Fsp3) is 0.889. The number of rotatable bonds is 4. The maximum Gasteiger partial charge on any atom is 0.222 e. The van der Waals surface area contributed by atoms with E-state index < -0.39 is 0 Å². The molecule has 1 rings (SSSR count). The fourth-order valence-corrected chi connectivity index (χ4v) is 1.52. The minimum atomic E-state index is 0.0856. The van der Waals surface area contributed by atoms with Gasteiger partial charge in [-0.1, -0.05) is 6.92 Å². The van der Waals surface area contributed by atoms with Gasteiger partial charge in [0.25, 0.3) is 0 Å². The molecule has 3 heteroatoms. The van der Waals surface area contributed by atoms with Crippen LogP contribution in [0.1, 0.15) is 32.6 Å². The summed E-state index contributed by atoms with van der Waals surface area (Å²) < 4.78 is 0. The second-order valence-corrected chi connectivity index (χ2v) is 3.25.